The second-order valence-electron chi connectivity index (χ2n) is 7.01. The normalized spacial score (nSPS) is 16.2. The van der Waals surface area contributed by atoms with Crippen molar-refractivity contribution in [1.82, 2.24) is 5.32 Å². The summed E-state index contributed by atoms with van der Waals surface area (Å²) in [4.78, 5) is 16.1. The third-order valence-electron chi connectivity index (χ3n) is 5.21. The van der Waals surface area contributed by atoms with Crippen molar-refractivity contribution in [3.63, 3.8) is 0 Å². The van der Waals surface area contributed by atoms with E-state index in [1.807, 2.05) is 25.1 Å². The number of amides is 1. The molecule has 0 aliphatic carbocycles. The van der Waals surface area contributed by atoms with Crippen LogP contribution < -0.4 is 15.1 Å². The molecule has 0 bridgehead atoms. The van der Waals surface area contributed by atoms with Gasteiger partial charge >= 0.3 is 0 Å². The molecule has 1 aliphatic rings. The molecule has 144 valence electrons. The summed E-state index contributed by atoms with van der Waals surface area (Å²) in [6.07, 6.45) is 0.705. The van der Waals surface area contributed by atoms with E-state index in [4.69, 9.17) is 11.6 Å². The summed E-state index contributed by atoms with van der Waals surface area (Å²) in [7, 11) is 0. The average Bonchev–Trinajstić information content (AvgIpc) is 2.69. The zero-order valence-electron chi connectivity index (χ0n) is 15.6. The SMILES string of the molecule is C[C@@H](C(=O)NCCc1ccc(F)cc1)[NH+]1CCN(c2cccc(Cl)c2)CC1. The number of nitrogens with zero attached hydrogens (tertiary/aromatic N) is 1. The monoisotopic (exact) mass is 390 g/mol. The second-order valence-corrected chi connectivity index (χ2v) is 7.45. The van der Waals surface area contributed by atoms with E-state index in [2.05, 4.69) is 16.3 Å². The topological polar surface area (TPSA) is 36.8 Å². The Morgan fingerprint density at radius 2 is 1.93 bits per heavy atom. The molecule has 0 aromatic heterocycles. The maximum atomic E-state index is 12.9. The fourth-order valence-electron chi connectivity index (χ4n) is 3.48. The van der Waals surface area contributed by atoms with Crippen molar-refractivity contribution in [3.05, 3.63) is 64.9 Å². The van der Waals surface area contributed by atoms with E-state index in [-0.39, 0.29) is 17.8 Å². The zero-order valence-corrected chi connectivity index (χ0v) is 16.3. The van der Waals surface area contributed by atoms with Gasteiger partial charge in [-0.2, -0.15) is 0 Å². The van der Waals surface area contributed by atoms with Crippen molar-refractivity contribution in [2.75, 3.05) is 37.6 Å². The smallest absolute Gasteiger partial charge is 0.278 e. The van der Waals surface area contributed by atoms with Crippen LogP contribution in [-0.2, 0) is 11.2 Å². The van der Waals surface area contributed by atoms with Gasteiger partial charge in [-0.1, -0.05) is 29.8 Å². The Hall–Kier alpha value is -2.11. The molecule has 1 fully saturated rings. The number of carbonyl (C=O) groups excluding carboxylic acids is 1. The molecule has 1 heterocycles. The summed E-state index contributed by atoms with van der Waals surface area (Å²) >= 11 is 6.08. The Balaban J connectivity index is 1.43. The van der Waals surface area contributed by atoms with E-state index in [0.717, 1.165) is 42.5 Å². The molecule has 2 aromatic carbocycles. The van der Waals surface area contributed by atoms with E-state index in [0.29, 0.717) is 13.0 Å². The summed E-state index contributed by atoms with van der Waals surface area (Å²) in [5.74, 6) is -0.166. The minimum Gasteiger partial charge on any atom is -0.360 e. The van der Waals surface area contributed by atoms with Crippen LogP contribution >= 0.6 is 11.6 Å². The van der Waals surface area contributed by atoms with Crippen molar-refractivity contribution < 1.29 is 14.1 Å². The largest absolute Gasteiger partial charge is 0.360 e. The van der Waals surface area contributed by atoms with Crippen LogP contribution in [-0.4, -0.2) is 44.7 Å². The number of rotatable bonds is 6. The molecule has 1 saturated heterocycles. The number of carbonyl (C=O) groups is 1. The van der Waals surface area contributed by atoms with E-state index < -0.39 is 0 Å². The molecule has 3 rings (SSSR count). The fourth-order valence-corrected chi connectivity index (χ4v) is 3.66. The lowest BCUT2D eigenvalue weighted by molar-refractivity contribution is -0.914. The molecular formula is C21H26ClFN3O+. The number of piperazine rings is 1. The first kappa shape index (κ1) is 19.6. The Kier molecular flexibility index (Phi) is 6.69. The molecule has 0 saturated carbocycles. The zero-order chi connectivity index (χ0) is 19.2. The van der Waals surface area contributed by atoms with Crippen molar-refractivity contribution in [3.8, 4) is 0 Å². The van der Waals surface area contributed by atoms with Crippen LogP contribution in [0.15, 0.2) is 48.5 Å². The van der Waals surface area contributed by atoms with Crippen LogP contribution in [0.4, 0.5) is 10.1 Å². The van der Waals surface area contributed by atoms with Crippen molar-refractivity contribution in [2.45, 2.75) is 19.4 Å². The van der Waals surface area contributed by atoms with Gasteiger partial charge in [-0.25, -0.2) is 4.39 Å². The van der Waals surface area contributed by atoms with Crippen LogP contribution in [0, 0.1) is 5.82 Å². The Labute approximate surface area is 164 Å². The van der Waals surface area contributed by atoms with Gasteiger partial charge in [-0.15, -0.1) is 0 Å². The molecule has 0 unspecified atom stereocenters. The molecule has 2 aromatic rings. The van der Waals surface area contributed by atoms with Gasteiger partial charge in [0.15, 0.2) is 6.04 Å². The molecule has 0 spiro atoms. The number of halogens is 2. The van der Waals surface area contributed by atoms with Crippen LogP contribution in [0.2, 0.25) is 5.02 Å². The molecule has 1 amide bonds. The lowest BCUT2D eigenvalue weighted by Gasteiger charge is -2.36. The first-order valence-electron chi connectivity index (χ1n) is 9.40. The Morgan fingerprint density at radius 3 is 2.59 bits per heavy atom. The average molecular weight is 391 g/mol. The van der Waals surface area contributed by atoms with Gasteiger partial charge in [0.1, 0.15) is 5.82 Å². The highest BCUT2D eigenvalue weighted by Crippen LogP contribution is 2.19. The van der Waals surface area contributed by atoms with Crippen LogP contribution in [0.5, 0.6) is 0 Å². The molecule has 1 aliphatic heterocycles. The Morgan fingerprint density at radius 1 is 1.22 bits per heavy atom. The highest BCUT2D eigenvalue weighted by molar-refractivity contribution is 6.30. The summed E-state index contributed by atoms with van der Waals surface area (Å²) in [5, 5.41) is 3.76. The van der Waals surface area contributed by atoms with Crippen LogP contribution in [0.1, 0.15) is 12.5 Å². The van der Waals surface area contributed by atoms with Gasteiger partial charge in [0.25, 0.3) is 5.91 Å². The lowest BCUT2D eigenvalue weighted by atomic mass is 10.1. The first-order valence-corrected chi connectivity index (χ1v) is 9.78. The van der Waals surface area contributed by atoms with Crippen LogP contribution in [0.3, 0.4) is 0 Å². The van der Waals surface area contributed by atoms with Crippen molar-refractivity contribution in [2.24, 2.45) is 0 Å². The number of nitrogens with one attached hydrogen (secondary N) is 2. The molecule has 0 radical (unpaired) electrons. The fraction of sp³-hybridized carbons (Fsp3) is 0.381. The van der Waals surface area contributed by atoms with Crippen molar-refractivity contribution in [1.29, 1.82) is 0 Å². The van der Waals surface area contributed by atoms with Gasteiger partial charge in [-0.05, 0) is 49.2 Å². The minimum atomic E-state index is -0.239. The lowest BCUT2D eigenvalue weighted by Crippen LogP contribution is -3.19. The molecule has 27 heavy (non-hydrogen) atoms. The molecule has 4 nitrogen and oxygen atoms in total. The van der Waals surface area contributed by atoms with E-state index in [9.17, 15) is 9.18 Å². The number of anilines is 1. The van der Waals surface area contributed by atoms with Gasteiger partial charge in [0, 0.05) is 17.3 Å². The minimum absolute atomic E-state index is 0.0725. The number of hydrogen-bond donors (Lipinski definition) is 2. The summed E-state index contributed by atoms with van der Waals surface area (Å²) in [5.41, 5.74) is 2.16. The van der Waals surface area contributed by atoms with Crippen LogP contribution in [0.25, 0.3) is 0 Å². The standard InChI is InChI=1S/C21H25ClFN3O/c1-16(21(27)24-10-9-17-5-7-19(23)8-6-17)25-11-13-26(14-12-25)20-4-2-3-18(22)15-20/h2-8,15-16H,9-14H2,1H3,(H,24,27)/p+1/t16-/m0/s1. The number of hydrogen-bond acceptors (Lipinski definition) is 2. The molecular weight excluding hydrogens is 365 g/mol. The van der Waals surface area contributed by atoms with Gasteiger partial charge in [0.2, 0.25) is 0 Å². The van der Waals surface area contributed by atoms with Gasteiger partial charge in [-0.3, -0.25) is 4.79 Å². The number of benzene rings is 2. The van der Waals surface area contributed by atoms with Crippen molar-refractivity contribution >= 4 is 23.2 Å². The third kappa shape index (κ3) is 5.44. The van der Waals surface area contributed by atoms with E-state index >= 15 is 0 Å². The Bertz CT molecular complexity index is 760. The van der Waals surface area contributed by atoms with E-state index in [1.165, 1.54) is 17.0 Å². The predicted molar refractivity (Wildman–Crippen MR) is 107 cm³/mol. The molecule has 6 heteroatoms. The molecule has 2 N–H and O–H groups in total. The highest BCUT2D eigenvalue weighted by atomic mass is 35.5. The second kappa shape index (κ2) is 9.20. The summed E-state index contributed by atoms with van der Waals surface area (Å²) in [6, 6.07) is 14.2. The number of quaternary nitrogens is 1. The maximum absolute atomic E-state index is 12.9. The van der Waals surface area contributed by atoms with Gasteiger partial charge < -0.3 is 15.1 Å². The summed E-state index contributed by atoms with van der Waals surface area (Å²) < 4.78 is 12.9. The third-order valence-corrected chi connectivity index (χ3v) is 5.45. The predicted octanol–water partition coefficient (Wildman–Crippen LogP) is 1.93. The quantitative estimate of drug-likeness (QED) is 0.790. The maximum Gasteiger partial charge on any atom is 0.278 e. The summed E-state index contributed by atoms with van der Waals surface area (Å²) in [6.45, 7) is 6.19. The van der Waals surface area contributed by atoms with E-state index in [1.54, 1.807) is 12.1 Å². The van der Waals surface area contributed by atoms with Gasteiger partial charge in [0.05, 0.1) is 26.2 Å². The molecule has 1 atom stereocenters. The highest BCUT2D eigenvalue weighted by Gasteiger charge is 2.29. The first-order chi connectivity index (χ1) is 13.0.